The van der Waals surface area contributed by atoms with Crippen molar-refractivity contribution in [3.63, 3.8) is 0 Å². The normalized spacial score (nSPS) is 13.9. The van der Waals surface area contributed by atoms with E-state index in [1.165, 1.54) is 0 Å². The molecule has 1 amide bonds. The molecule has 1 atom stereocenters. The van der Waals surface area contributed by atoms with E-state index < -0.39 is 23.6 Å². The Morgan fingerprint density at radius 2 is 2.00 bits per heavy atom. The predicted octanol–water partition coefficient (Wildman–Crippen LogP) is 5.75. The van der Waals surface area contributed by atoms with Gasteiger partial charge in [0, 0.05) is 39.1 Å². The minimum atomic E-state index is -1.22. The Bertz CT molecular complexity index is 1570. The van der Waals surface area contributed by atoms with Crippen molar-refractivity contribution in [2.24, 2.45) is 5.73 Å². The number of rotatable bonds is 7. The fraction of sp³-hybridized carbons (Fsp3) is 0.276. The molecule has 8 heteroatoms. The third-order valence-corrected chi connectivity index (χ3v) is 8.59. The summed E-state index contributed by atoms with van der Waals surface area (Å²) in [7, 11) is 0. The lowest BCUT2D eigenvalue weighted by molar-refractivity contribution is -0.160. The molecule has 4 aromatic rings. The largest absolute Gasteiger partial charge is 0.493 e. The lowest BCUT2D eigenvalue weighted by Gasteiger charge is -2.30. The van der Waals surface area contributed by atoms with Gasteiger partial charge >= 0.3 is 5.97 Å². The van der Waals surface area contributed by atoms with Gasteiger partial charge in [0.2, 0.25) is 5.91 Å². The minimum Gasteiger partial charge on any atom is -0.493 e. The van der Waals surface area contributed by atoms with Crippen LogP contribution in [0.3, 0.4) is 0 Å². The zero-order valence-corrected chi connectivity index (χ0v) is 23.0. The first kappa shape index (κ1) is 25.4. The number of carbonyl (C=O) groups is 2. The average Bonchev–Trinajstić information content (AvgIpc) is 2.87. The third kappa shape index (κ3) is 4.53. The molecule has 3 N–H and O–H groups in total. The molecule has 1 aromatic heterocycles. The Balaban J connectivity index is 1.90. The molecule has 37 heavy (non-hydrogen) atoms. The topological polar surface area (TPSA) is 112 Å². The highest BCUT2D eigenvalue weighted by Crippen LogP contribution is 2.45. The Hall–Kier alpha value is -3.24. The second-order valence-electron chi connectivity index (χ2n) is 9.92. The lowest BCUT2D eigenvalue weighted by atomic mass is 9.85. The van der Waals surface area contributed by atoms with E-state index in [1.807, 2.05) is 51.1 Å². The number of alkyl halides is 1. The number of benzene rings is 3. The quantitative estimate of drug-likeness (QED) is 0.204. The summed E-state index contributed by atoms with van der Waals surface area (Å²) in [5.41, 5.74) is 9.93. The maximum Gasteiger partial charge on any atom is 0.337 e. The van der Waals surface area contributed by atoms with Gasteiger partial charge in [-0.15, -0.1) is 0 Å². The number of aromatic nitrogens is 1. The van der Waals surface area contributed by atoms with Crippen molar-refractivity contribution in [3.05, 3.63) is 70.9 Å². The van der Waals surface area contributed by atoms with E-state index in [0.29, 0.717) is 27.7 Å². The number of aryl methyl sites for hydroxylation is 1. The predicted molar refractivity (Wildman–Crippen MR) is 152 cm³/mol. The summed E-state index contributed by atoms with van der Waals surface area (Å²) in [5.74, 6) is -0.838. The first-order valence-electron chi connectivity index (χ1n) is 12.0. The monoisotopic (exact) mass is 610 g/mol. The first-order chi connectivity index (χ1) is 17.6. The lowest BCUT2D eigenvalue weighted by Crippen LogP contribution is -2.32. The van der Waals surface area contributed by atoms with Crippen molar-refractivity contribution in [3.8, 4) is 16.9 Å². The van der Waals surface area contributed by atoms with Gasteiger partial charge in [-0.3, -0.25) is 9.78 Å². The van der Waals surface area contributed by atoms with Gasteiger partial charge in [0.25, 0.3) is 0 Å². The molecule has 190 valence electrons. The molecule has 0 radical (unpaired) electrons. The molecule has 0 fully saturated rings. The van der Waals surface area contributed by atoms with Crippen LogP contribution >= 0.6 is 22.6 Å². The number of carboxylic acids is 1. The number of nitrogens with two attached hydrogens (primary N) is 1. The van der Waals surface area contributed by atoms with E-state index in [4.69, 9.17) is 20.2 Å². The van der Waals surface area contributed by atoms with E-state index in [1.54, 1.807) is 18.3 Å². The van der Waals surface area contributed by atoms with Crippen LogP contribution in [0.25, 0.3) is 32.8 Å². The van der Waals surface area contributed by atoms with Crippen LogP contribution in [0.1, 0.15) is 47.0 Å². The van der Waals surface area contributed by atoms with E-state index in [0.717, 1.165) is 50.5 Å². The Morgan fingerprint density at radius 3 is 2.70 bits per heavy atom. The number of carbonyl (C=O) groups excluding carboxylic acids is 1. The van der Waals surface area contributed by atoms with Crippen LogP contribution in [0.2, 0.25) is 0 Å². The molecule has 2 heterocycles. The van der Waals surface area contributed by atoms with Gasteiger partial charge < -0.3 is 20.3 Å². The number of carboxylic acid groups (broad SMARTS) is 1. The highest BCUT2D eigenvalue weighted by atomic mass is 127. The van der Waals surface area contributed by atoms with Gasteiger partial charge in [0.1, 0.15) is 5.75 Å². The maximum absolute atomic E-state index is 12.7. The average molecular weight is 610 g/mol. The van der Waals surface area contributed by atoms with Crippen LogP contribution in [0.15, 0.2) is 48.7 Å². The van der Waals surface area contributed by atoms with Crippen LogP contribution < -0.4 is 10.5 Å². The second kappa shape index (κ2) is 9.57. The van der Waals surface area contributed by atoms with Crippen LogP contribution in [0, 0.1) is 6.92 Å². The van der Waals surface area contributed by atoms with Crippen molar-refractivity contribution in [1.29, 1.82) is 0 Å². The smallest absolute Gasteiger partial charge is 0.337 e. The van der Waals surface area contributed by atoms with Gasteiger partial charge in [-0.25, -0.2) is 4.79 Å². The SMILES string of the molecule is Cc1cc2cc(C(N)=O)ccc2c(-c2ccc3c4c(ccnc24)CCO3)c1[C@H](OC(C)(C)CI)C(=O)O. The molecule has 0 saturated carbocycles. The molecule has 0 unspecified atom stereocenters. The fourth-order valence-electron chi connectivity index (χ4n) is 5.03. The molecular formula is C29H27IN2O5. The number of ether oxygens (including phenoxy) is 2. The molecular weight excluding hydrogens is 583 g/mol. The number of hydrogen-bond donors (Lipinski definition) is 2. The molecule has 1 aliphatic heterocycles. The summed E-state index contributed by atoms with van der Waals surface area (Å²) in [4.78, 5) is 29.4. The number of fused-ring (bicyclic) bond motifs is 1. The van der Waals surface area contributed by atoms with Crippen LogP contribution in [-0.2, 0) is 16.0 Å². The molecule has 3 aromatic carbocycles. The second-order valence-corrected chi connectivity index (χ2v) is 10.7. The van der Waals surface area contributed by atoms with Crippen LogP contribution in [0.5, 0.6) is 5.75 Å². The highest BCUT2D eigenvalue weighted by molar-refractivity contribution is 14.1. The first-order valence-corrected chi connectivity index (χ1v) is 13.5. The molecule has 0 saturated heterocycles. The minimum absolute atomic E-state index is 0.381. The summed E-state index contributed by atoms with van der Waals surface area (Å²) >= 11 is 2.20. The van der Waals surface area contributed by atoms with Crippen LogP contribution in [-0.4, -0.2) is 38.6 Å². The summed E-state index contributed by atoms with van der Waals surface area (Å²) < 4.78 is 12.8. The Morgan fingerprint density at radius 1 is 1.22 bits per heavy atom. The summed E-state index contributed by atoms with van der Waals surface area (Å²) in [6.07, 6.45) is 1.33. The maximum atomic E-state index is 12.7. The van der Waals surface area contributed by atoms with Crippen molar-refractivity contribution >= 4 is 56.1 Å². The van der Waals surface area contributed by atoms with E-state index in [2.05, 4.69) is 22.6 Å². The van der Waals surface area contributed by atoms with Gasteiger partial charge in [0.05, 0.1) is 17.7 Å². The number of hydrogen-bond acceptors (Lipinski definition) is 5. The van der Waals surface area contributed by atoms with Crippen molar-refractivity contribution in [1.82, 2.24) is 4.98 Å². The molecule has 1 aliphatic rings. The van der Waals surface area contributed by atoms with E-state index >= 15 is 0 Å². The van der Waals surface area contributed by atoms with Crippen molar-refractivity contribution in [2.75, 3.05) is 11.0 Å². The zero-order valence-electron chi connectivity index (χ0n) is 20.8. The third-order valence-electron chi connectivity index (χ3n) is 6.76. The van der Waals surface area contributed by atoms with Gasteiger partial charge in [-0.1, -0.05) is 34.7 Å². The molecule has 5 rings (SSSR count). The fourth-order valence-corrected chi connectivity index (χ4v) is 5.21. The number of amides is 1. The van der Waals surface area contributed by atoms with Crippen molar-refractivity contribution in [2.45, 2.75) is 38.9 Å². The zero-order chi connectivity index (χ0) is 26.5. The number of halogens is 1. The summed E-state index contributed by atoms with van der Waals surface area (Å²) in [5, 5.41) is 12.9. The van der Waals surface area contributed by atoms with Crippen molar-refractivity contribution < 1.29 is 24.2 Å². The Labute approximate surface area is 228 Å². The number of aliphatic carboxylic acids is 1. The van der Waals surface area contributed by atoms with Gasteiger partial charge in [0.15, 0.2) is 6.10 Å². The van der Waals surface area contributed by atoms with E-state index in [9.17, 15) is 14.7 Å². The summed E-state index contributed by atoms with van der Waals surface area (Å²) in [6.45, 7) is 6.23. The van der Waals surface area contributed by atoms with Gasteiger partial charge in [-0.2, -0.15) is 0 Å². The standard InChI is InChI=1S/C29H27IN2O5/c1-15-12-18-13-17(27(31)33)4-5-19(18)24(22(15)26(28(34)35)37-29(2,3)14-30)20-6-7-21-23-16(9-11-36-21)8-10-32-25(20)23/h4-8,10,12-13,26H,9,11,14H2,1-3H3,(H2,31,33)(H,34,35)/t26-/m0/s1. The van der Waals surface area contributed by atoms with E-state index in [-0.39, 0.29) is 0 Å². The number of primary amides is 1. The molecule has 0 bridgehead atoms. The number of nitrogens with zero attached hydrogens (tertiary/aromatic N) is 1. The van der Waals surface area contributed by atoms with Crippen LogP contribution in [0.4, 0.5) is 0 Å². The number of pyridine rings is 1. The molecule has 0 aliphatic carbocycles. The summed E-state index contributed by atoms with van der Waals surface area (Å²) in [6, 6.07) is 13.0. The molecule has 0 spiro atoms. The van der Waals surface area contributed by atoms with Gasteiger partial charge in [-0.05, 0) is 78.6 Å². The molecule has 7 nitrogen and oxygen atoms in total. The Kier molecular flexibility index (Phi) is 6.57. The highest BCUT2D eigenvalue weighted by Gasteiger charge is 2.34.